The van der Waals surface area contributed by atoms with Crippen LogP contribution in [0.4, 0.5) is 5.69 Å². The first-order chi connectivity index (χ1) is 10.2. The van der Waals surface area contributed by atoms with Gasteiger partial charge in [-0.1, -0.05) is 22.0 Å². The van der Waals surface area contributed by atoms with Crippen LogP contribution in [-0.4, -0.2) is 24.1 Å². The number of benzene rings is 1. The second kappa shape index (κ2) is 6.58. The number of anilines is 1. The summed E-state index contributed by atoms with van der Waals surface area (Å²) in [4.78, 5) is 6.52. The summed E-state index contributed by atoms with van der Waals surface area (Å²) < 4.78 is 1.16. The zero-order chi connectivity index (χ0) is 14.7. The third-order valence-corrected chi connectivity index (χ3v) is 4.43. The number of rotatable bonds is 5. The van der Waals surface area contributed by atoms with Crippen LogP contribution in [0, 0.1) is 0 Å². The number of pyridine rings is 1. The predicted molar refractivity (Wildman–Crippen MR) is 90.6 cm³/mol. The lowest BCUT2D eigenvalue weighted by atomic mass is 10.2. The molecule has 0 radical (unpaired) electrons. The van der Waals surface area contributed by atoms with Gasteiger partial charge in [0.2, 0.25) is 0 Å². The van der Waals surface area contributed by atoms with Gasteiger partial charge in [0, 0.05) is 48.2 Å². The third kappa shape index (κ3) is 3.63. The molecule has 0 amide bonds. The Kier molecular flexibility index (Phi) is 4.56. The Morgan fingerprint density at radius 1 is 1.29 bits per heavy atom. The van der Waals surface area contributed by atoms with Gasteiger partial charge in [0.25, 0.3) is 0 Å². The van der Waals surface area contributed by atoms with E-state index in [1.807, 2.05) is 12.4 Å². The van der Waals surface area contributed by atoms with E-state index in [1.54, 1.807) is 0 Å². The second-order valence-corrected chi connectivity index (χ2v) is 6.52. The topological polar surface area (TPSA) is 28.2 Å². The molecule has 1 aliphatic heterocycles. The van der Waals surface area contributed by atoms with Gasteiger partial charge in [-0.05, 0) is 48.7 Å². The van der Waals surface area contributed by atoms with Crippen molar-refractivity contribution in [3.8, 4) is 0 Å². The van der Waals surface area contributed by atoms with Crippen LogP contribution in [-0.2, 0) is 13.0 Å². The molecule has 0 bridgehead atoms. The lowest BCUT2D eigenvalue weighted by molar-refractivity contribution is 0.539. The minimum absolute atomic E-state index is 0.447. The van der Waals surface area contributed by atoms with Crippen LogP contribution in [0.25, 0.3) is 0 Å². The Hall–Kier alpha value is -1.39. The summed E-state index contributed by atoms with van der Waals surface area (Å²) in [5, 5.41) is 3.59. The predicted octanol–water partition coefficient (Wildman–Crippen LogP) is 3.38. The third-order valence-electron chi connectivity index (χ3n) is 3.94. The smallest absolute Gasteiger partial charge is 0.0411 e. The van der Waals surface area contributed by atoms with E-state index in [4.69, 9.17) is 0 Å². The number of fused-ring (bicyclic) bond motifs is 1. The van der Waals surface area contributed by atoms with Crippen molar-refractivity contribution >= 4 is 21.6 Å². The average Bonchev–Trinajstić information content (AvgIpc) is 2.88. The lowest BCUT2D eigenvalue weighted by Crippen LogP contribution is -2.38. The van der Waals surface area contributed by atoms with Crippen molar-refractivity contribution in [2.24, 2.45) is 0 Å². The molecule has 1 unspecified atom stereocenters. The molecule has 1 N–H and O–H groups in total. The summed E-state index contributed by atoms with van der Waals surface area (Å²) in [7, 11) is 0. The molecule has 0 aliphatic carbocycles. The highest BCUT2D eigenvalue weighted by atomic mass is 79.9. The number of hydrogen-bond acceptors (Lipinski definition) is 3. The summed E-state index contributed by atoms with van der Waals surface area (Å²) in [5.74, 6) is 0. The van der Waals surface area contributed by atoms with Crippen LogP contribution in [0.1, 0.15) is 18.1 Å². The molecule has 1 aliphatic rings. The minimum Gasteiger partial charge on any atom is -0.369 e. The van der Waals surface area contributed by atoms with Crippen molar-refractivity contribution in [2.45, 2.75) is 25.9 Å². The van der Waals surface area contributed by atoms with Gasteiger partial charge in [0.1, 0.15) is 0 Å². The summed E-state index contributed by atoms with van der Waals surface area (Å²) in [6.07, 6.45) is 4.84. The van der Waals surface area contributed by atoms with Crippen molar-refractivity contribution in [1.82, 2.24) is 10.3 Å². The Bertz CT molecular complexity index is 600. The van der Waals surface area contributed by atoms with Crippen molar-refractivity contribution in [1.29, 1.82) is 0 Å². The first-order valence-corrected chi connectivity index (χ1v) is 8.17. The van der Waals surface area contributed by atoms with Gasteiger partial charge in [-0.25, -0.2) is 0 Å². The van der Waals surface area contributed by atoms with Gasteiger partial charge in [-0.3, -0.25) is 4.98 Å². The molecule has 21 heavy (non-hydrogen) atoms. The SMILES string of the molecule is CC(CN1CCc2ccc(Br)cc21)NCc1ccncc1. The van der Waals surface area contributed by atoms with Crippen LogP contribution in [0.2, 0.25) is 0 Å². The number of aromatic nitrogens is 1. The molecule has 2 heterocycles. The molecule has 1 aromatic carbocycles. The highest BCUT2D eigenvalue weighted by Crippen LogP contribution is 2.30. The Balaban J connectivity index is 1.57. The Labute approximate surface area is 134 Å². The molecule has 2 aromatic rings. The van der Waals surface area contributed by atoms with Gasteiger partial charge in [0.05, 0.1) is 0 Å². The largest absolute Gasteiger partial charge is 0.369 e. The van der Waals surface area contributed by atoms with Gasteiger partial charge < -0.3 is 10.2 Å². The molecule has 0 fully saturated rings. The molecule has 110 valence electrons. The van der Waals surface area contributed by atoms with Gasteiger partial charge in [-0.2, -0.15) is 0 Å². The molecule has 0 saturated heterocycles. The van der Waals surface area contributed by atoms with E-state index in [0.717, 1.165) is 30.5 Å². The van der Waals surface area contributed by atoms with E-state index in [2.05, 4.69) is 68.4 Å². The monoisotopic (exact) mass is 345 g/mol. The quantitative estimate of drug-likeness (QED) is 0.900. The first kappa shape index (κ1) is 14.5. The molecule has 3 nitrogen and oxygen atoms in total. The van der Waals surface area contributed by atoms with Crippen LogP contribution in [0.5, 0.6) is 0 Å². The van der Waals surface area contributed by atoms with Gasteiger partial charge in [-0.15, -0.1) is 0 Å². The fourth-order valence-corrected chi connectivity index (χ4v) is 3.15. The van der Waals surface area contributed by atoms with Crippen LogP contribution < -0.4 is 10.2 Å². The first-order valence-electron chi connectivity index (χ1n) is 7.38. The summed E-state index contributed by atoms with van der Waals surface area (Å²) in [6.45, 7) is 5.29. The zero-order valence-electron chi connectivity index (χ0n) is 12.2. The van der Waals surface area contributed by atoms with Crippen molar-refractivity contribution in [2.75, 3.05) is 18.0 Å². The van der Waals surface area contributed by atoms with Gasteiger partial charge in [0.15, 0.2) is 0 Å². The zero-order valence-corrected chi connectivity index (χ0v) is 13.8. The fraction of sp³-hybridized carbons (Fsp3) is 0.353. The lowest BCUT2D eigenvalue weighted by Gasteiger charge is -2.24. The van der Waals surface area contributed by atoms with Crippen molar-refractivity contribution in [3.63, 3.8) is 0 Å². The van der Waals surface area contributed by atoms with E-state index in [9.17, 15) is 0 Å². The van der Waals surface area contributed by atoms with E-state index in [0.29, 0.717) is 6.04 Å². The van der Waals surface area contributed by atoms with Crippen molar-refractivity contribution < 1.29 is 0 Å². The highest BCUT2D eigenvalue weighted by Gasteiger charge is 2.20. The standard InChI is InChI=1S/C17H20BrN3/c1-13(20-11-14-4-7-19-8-5-14)12-21-9-6-15-2-3-16(18)10-17(15)21/h2-5,7-8,10,13,20H,6,9,11-12H2,1H3. The summed E-state index contributed by atoms with van der Waals surface area (Å²) in [6, 6.07) is 11.2. The number of hydrogen-bond donors (Lipinski definition) is 1. The molecular formula is C17H20BrN3. The molecule has 0 spiro atoms. The molecule has 1 atom stereocenters. The Morgan fingerprint density at radius 2 is 2.10 bits per heavy atom. The number of nitrogens with zero attached hydrogens (tertiary/aromatic N) is 2. The van der Waals surface area contributed by atoms with Crippen molar-refractivity contribution in [3.05, 3.63) is 58.3 Å². The Morgan fingerprint density at radius 3 is 2.90 bits per heavy atom. The summed E-state index contributed by atoms with van der Waals surface area (Å²) >= 11 is 3.57. The van der Waals surface area contributed by atoms with E-state index in [-0.39, 0.29) is 0 Å². The molecule has 4 heteroatoms. The second-order valence-electron chi connectivity index (χ2n) is 5.61. The van der Waals surface area contributed by atoms with E-state index < -0.39 is 0 Å². The fourth-order valence-electron chi connectivity index (χ4n) is 2.80. The molecule has 0 saturated carbocycles. The van der Waals surface area contributed by atoms with E-state index >= 15 is 0 Å². The van der Waals surface area contributed by atoms with Crippen LogP contribution in [0.3, 0.4) is 0 Å². The van der Waals surface area contributed by atoms with E-state index in [1.165, 1.54) is 16.8 Å². The molecule has 3 rings (SSSR count). The average molecular weight is 346 g/mol. The van der Waals surface area contributed by atoms with Crippen LogP contribution in [0.15, 0.2) is 47.2 Å². The van der Waals surface area contributed by atoms with Crippen LogP contribution >= 0.6 is 15.9 Å². The number of halogens is 1. The highest BCUT2D eigenvalue weighted by molar-refractivity contribution is 9.10. The van der Waals surface area contributed by atoms with Gasteiger partial charge >= 0.3 is 0 Å². The maximum Gasteiger partial charge on any atom is 0.0411 e. The minimum atomic E-state index is 0.447. The molecular weight excluding hydrogens is 326 g/mol. The summed E-state index contributed by atoms with van der Waals surface area (Å²) in [5.41, 5.74) is 4.11. The maximum absolute atomic E-state index is 4.05. The maximum atomic E-state index is 4.05. The molecule has 1 aromatic heterocycles. The number of nitrogens with one attached hydrogen (secondary N) is 1. The normalized spacial score (nSPS) is 15.0.